The molecular weight excluding hydrogens is 947 g/mol. The monoisotopic (exact) mass is 1070 g/mol. The number of carbonyl (C=O) groups excluding carboxylic acids is 1. The maximum atomic E-state index is 13.1. The van der Waals surface area contributed by atoms with Crippen LogP contribution in [0, 0.1) is 0 Å². The summed E-state index contributed by atoms with van der Waals surface area (Å²) in [5.41, 5.74) is 0. The highest BCUT2D eigenvalue weighted by Gasteiger charge is 2.44. The Bertz CT molecular complexity index is 1420. The van der Waals surface area contributed by atoms with Crippen LogP contribution in [0.5, 0.6) is 0 Å². The molecule has 442 valence electrons. The van der Waals surface area contributed by atoms with Crippen molar-refractivity contribution in [2.45, 2.75) is 333 Å². The third-order valence-electron chi connectivity index (χ3n) is 15.0. The SMILES string of the molecule is CC/C=C\C/C=C\C/C=C\C/C=C\CCCCCCCCCCCCCCCCC(=O)NC(COC1OC(CO)C(O)C(O)C1O)C(O)/C=C/CC/C=C/CCCCCCCCCCCCCCCCCCCCCC. The summed E-state index contributed by atoms with van der Waals surface area (Å²) < 4.78 is 11.3. The number of amides is 1. The lowest BCUT2D eigenvalue weighted by Gasteiger charge is -2.40. The predicted molar refractivity (Wildman–Crippen MR) is 322 cm³/mol. The molecule has 0 bridgehead atoms. The highest BCUT2D eigenvalue weighted by Crippen LogP contribution is 2.23. The summed E-state index contributed by atoms with van der Waals surface area (Å²) >= 11 is 0. The second-order valence-electron chi connectivity index (χ2n) is 22.2. The zero-order valence-electron chi connectivity index (χ0n) is 49.3. The number of unbranched alkanes of at least 4 members (excludes halogenated alkanes) is 35. The number of ether oxygens (including phenoxy) is 2. The van der Waals surface area contributed by atoms with Gasteiger partial charge in [-0.3, -0.25) is 4.79 Å². The van der Waals surface area contributed by atoms with Gasteiger partial charge in [0.05, 0.1) is 25.4 Å². The van der Waals surface area contributed by atoms with Crippen molar-refractivity contribution < 1.29 is 39.8 Å². The lowest BCUT2D eigenvalue weighted by atomic mass is 9.99. The van der Waals surface area contributed by atoms with Gasteiger partial charge in [-0.15, -0.1) is 0 Å². The summed E-state index contributed by atoms with van der Waals surface area (Å²) in [6.45, 7) is 3.68. The van der Waals surface area contributed by atoms with Gasteiger partial charge in [0.1, 0.15) is 24.4 Å². The average Bonchev–Trinajstić information content (AvgIpc) is 3.42. The quantitative estimate of drug-likeness (QED) is 0.0261. The summed E-state index contributed by atoms with van der Waals surface area (Å²) in [5, 5.41) is 54.6. The van der Waals surface area contributed by atoms with Gasteiger partial charge in [0.2, 0.25) is 5.91 Å². The van der Waals surface area contributed by atoms with E-state index in [9.17, 15) is 30.3 Å². The van der Waals surface area contributed by atoms with E-state index in [4.69, 9.17) is 9.47 Å². The van der Waals surface area contributed by atoms with Gasteiger partial charge in [-0.1, -0.05) is 286 Å². The van der Waals surface area contributed by atoms with Gasteiger partial charge in [0.15, 0.2) is 6.29 Å². The molecule has 0 aromatic rings. The van der Waals surface area contributed by atoms with Crippen LogP contribution in [0.25, 0.3) is 0 Å². The Morgan fingerprint density at radius 2 is 0.829 bits per heavy atom. The number of aliphatic hydroxyl groups excluding tert-OH is 5. The fourth-order valence-electron chi connectivity index (χ4n) is 9.99. The van der Waals surface area contributed by atoms with Crippen molar-refractivity contribution in [2.24, 2.45) is 0 Å². The van der Waals surface area contributed by atoms with Crippen LogP contribution < -0.4 is 5.32 Å². The molecule has 9 heteroatoms. The van der Waals surface area contributed by atoms with Crippen LogP contribution in [0.1, 0.15) is 290 Å². The van der Waals surface area contributed by atoms with E-state index in [0.717, 1.165) is 64.2 Å². The molecule has 1 aliphatic rings. The standard InChI is InChI=1S/C67H121NO8/c1-3-5-7-9-11-13-15-17-19-21-23-25-27-29-31-33-35-37-39-41-43-45-47-49-51-53-55-57-63(71)68-60(59-75-67-66(74)65(73)64(72)62(58-69)76-67)61(70)56-54-52-50-48-46-44-42-40-38-36-34-32-30-28-26-24-22-20-18-16-14-12-10-8-6-4-2/h5,7,11,13,17,19,23,25,46,48,54,56,60-62,64-67,69-70,72-74H,3-4,6,8-10,12,14-16,18,20-22,24,26-45,47,49-53,55,57-59H2,1-2H3,(H,68,71)/b7-5-,13-11-,19-17-,25-23-,48-46+,56-54+. The van der Waals surface area contributed by atoms with Crippen molar-refractivity contribution in [2.75, 3.05) is 13.2 Å². The number of nitrogens with one attached hydrogen (secondary N) is 1. The maximum Gasteiger partial charge on any atom is 0.220 e. The van der Waals surface area contributed by atoms with Crippen LogP contribution >= 0.6 is 0 Å². The summed E-state index contributed by atoms with van der Waals surface area (Å²) in [6.07, 6.45) is 71.3. The van der Waals surface area contributed by atoms with Crippen molar-refractivity contribution in [3.8, 4) is 0 Å². The highest BCUT2D eigenvalue weighted by molar-refractivity contribution is 5.76. The van der Waals surface area contributed by atoms with E-state index in [0.29, 0.717) is 6.42 Å². The number of rotatable bonds is 55. The molecule has 0 radical (unpaired) electrons. The molecule has 0 aromatic carbocycles. The van der Waals surface area contributed by atoms with Crippen molar-refractivity contribution in [1.29, 1.82) is 0 Å². The van der Waals surface area contributed by atoms with Crippen LogP contribution in [-0.4, -0.2) is 87.5 Å². The van der Waals surface area contributed by atoms with Crippen LogP contribution in [0.4, 0.5) is 0 Å². The van der Waals surface area contributed by atoms with Gasteiger partial charge in [0, 0.05) is 6.42 Å². The van der Waals surface area contributed by atoms with E-state index >= 15 is 0 Å². The minimum absolute atomic E-state index is 0.186. The predicted octanol–water partition coefficient (Wildman–Crippen LogP) is 16.8. The third kappa shape index (κ3) is 44.5. The van der Waals surface area contributed by atoms with E-state index in [1.807, 2.05) is 6.08 Å². The first-order valence-corrected chi connectivity index (χ1v) is 32.2. The molecule has 0 spiro atoms. The van der Waals surface area contributed by atoms with Crippen LogP contribution in [0.2, 0.25) is 0 Å². The number of hydrogen-bond acceptors (Lipinski definition) is 8. The van der Waals surface area contributed by atoms with Gasteiger partial charge in [-0.05, 0) is 70.6 Å². The Balaban J connectivity index is 2.20. The van der Waals surface area contributed by atoms with Gasteiger partial charge < -0.3 is 40.3 Å². The van der Waals surface area contributed by atoms with Crippen LogP contribution in [-0.2, 0) is 14.3 Å². The first-order chi connectivity index (χ1) is 37.3. The average molecular weight is 1070 g/mol. The van der Waals surface area contributed by atoms with E-state index < -0.39 is 49.5 Å². The summed E-state index contributed by atoms with van der Waals surface area (Å²) in [6, 6.07) is -0.826. The zero-order valence-corrected chi connectivity index (χ0v) is 49.3. The maximum absolute atomic E-state index is 13.1. The van der Waals surface area contributed by atoms with Crippen molar-refractivity contribution in [3.63, 3.8) is 0 Å². The second-order valence-corrected chi connectivity index (χ2v) is 22.2. The zero-order chi connectivity index (χ0) is 55.0. The Labute approximate surface area is 468 Å². The molecule has 0 aliphatic carbocycles. The lowest BCUT2D eigenvalue weighted by molar-refractivity contribution is -0.302. The molecule has 1 saturated heterocycles. The second kappa shape index (κ2) is 55.9. The molecule has 1 fully saturated rings. The van der Waals surface area contributed by atoms with Crippen molar-refractivity contribution in [1.82, 2.24) is 5.32 Å². The summed E-state index contributed by atoms with van der Waals surface area (Å²) in [4.78, 5) is 13.1. The van der Waals surface area contributed by atoms with Crippen molar-refractivity contribution in [3.05, 3.63) is 72.9 Å². The fourth-order valence-corrected chi connectivity index (χ4v) is 9.99. The number of aliphatic hydroxyl groups is 5. The van der Waals surface area contributed by atoms with Crippen LogP contribution in [0.15, 0.2) is 72.9 Å². The molecule has 6 N–H and O–H groups in total. The molecule has 76 heavy (non-hydrogen) atoms. The molecular formula is C67H121NO8. The van der Waals surface area contributed by atoms with Gasteiger partial charge in [-0.2, -0.15) is 0 Å². The number of carbonyl (C=O) groups is 1. The minimum Gasteiger partial charge on any atom is -0.394 e. The third-order valence-corrected chi connectivity index (χ3v) is 15.0. The Morgan fingerprint density at radius 3 is 1.26 bits per heavy atom. The molecule has 0 aromatic heterocycles. The topological polar surface area (TPSA) is 149 Å². The van der Waals surface area contributed by atoms with E-state index in [-0.39, 0.29) is 12.5 Å². The Morgan fingerprint density at radius 1 is 0.461 bits per heavy atom. The largest absolute Gasteiger partial charge is 0.394 e. The first-order valence-electron chi connectivity index (χ1n) is 32.2. The molecule has 1 rings (SSSR count). The van der Waals surface area contributed by atoms with E-state index in [2.05, 4.69) is 79.9 Å². The van der Waals surface area contributed by atoms with Gasteiger partial charge in [0.25, 0.3) is 0 Å². The van der Waals surface area contributed by atoms with E-state index in [1.54, 1.807) is 6.08 Å². The fraction of sp³-hybridized carbons (Fsp3) is 0.806. The molecule has 7 atom stereocenters. The van der Waals surface area contributed by atoms with Crippen LogP contribution in [0.3, 0.4) is 0 Å². The summed E-state index contributed by atoms with van der Waals surface area (Å²) in [5.74, 6) is -0.186. The molecule has 7 unspecified atom stereocenters. The Hall–Kier alpha value is -2.37. The smallest absolute Gasteiger partial charge is 0.220 e. The first kappa shape index (κ1) is 71.6. The molecule has 0 saturated carbocycles. The highest BCUT2D eigenvalue weighted by atomic mass is 16.7. The Kier molecular flexibility index (Phi) is 52.7. The van der Waals surface area contributed by atoms with E-state index in [1.165, 1.54) is 205 Å². The minimum atomic E-state index is -1.58. The lowest BCUT2D eigenvalue weighted by Crippen LogP contribution is -2.60. The number of hydrogen-bond donors (Lipinski definition) is 6. The molecule has 9 nitrogen and oxygen atoms in total. The van der Waals surface area contributed by atoms with Gasteiger partial charge >= 0.3 is 0 Å². The molecule has 1 heterocycles. The number of allylic oxidation sites excluding steroid dienone is 11. The normalized spacial score (nSPS) is 19.3. The molecule has 1 amide bonds. The molecule has 1 aliphatic heterocycles. The van der Waals surface area contributed by atoms with Crippen molar-refractivity contribution >= 4 is 5.91 Å². The van der Waals surface area contributed by atoms with Gasteiger partial charge in [-0.25, -0.2) is 0 Å². The summed E-state index contributed by atoms with van der Waals surface area (Å²) in [7, 11) is 0.